The van der Waals surface area contributed by atoms with Gasteiger partial charge in [-0.1, -0.05) is 24.3 Å². The SMILES string of the molecule is O=C(c1cnn2ccccc12)N1CCN(CCOc2ccccc2)CC1. The molecule has 2 aromatic heterocycles. The Kier molecular flexibility index (Phi) is 4.84. The molecular formula is C20H22N4O2. The number of piperazine rings is 1. The Morgan fingerprint density at radius 2 is 1.77 bits per heavy atom. The van der Waals surface area contributed by atoms with E-state index in [0.29, 0.717) is 12.2 Å². The number of ether oxygens (including phenoxy) is 1. The van der Waals surface area contributed by atoms with E-state index in [4.69, 9.17) is 4.74 Å². The van der Waals surface area contributed by atoms with Crippen LogP contribution in [0.3, 0.4) is 0 Å². The maximum Gasteiger partial charge on any atom is 0.257 e. The first-order valence-corrected chi connectivity index (χ1v) is 8.93. The van der Waals surface area contributed by atoms with Gasteiger partial charge in [-0.3, -0.25) is 9.69 Å². The molecule has 1 aliphatic heterocycles. The fourth-order valence-corrected chi connectivity index (χ4v) is 3.25. The third-order valence-electron chi connectivity index (χ3n) is 4.74. The molecule has 0 unspecified atom stereocenters. The molecule has 1 saturated heterocycles. The molecule has 4 rings (SSSR count). The third-order valence-corrected chi connectivity index (χ3v) is 4.74. The predicted molar refractivity (Wildman–Crippen MR) is 99.5 cm³/mol. The fraction of sp³-hybridized carbons (Fsp3) is 0.300. The molecule has 0 N–H and O–H groups in total. The van der Waals surface area contributed by atoms with Gasteiger partial charge in [0.15, 0.2) is 0 Å². The summed E-state index contributed by atoms with van der Waals surface area (Å²) in [5.41, 5.74) is 1.53. The van der Waals surface area contributed by atoms with E-state index in [2.05, 4.69) is 10.00 Å². The van der Waals surface area contributed by atoms with Crippen LogP contribution in [-0.2, 0) is 0 Å². The number of carbonyl (C=O) groups excluding carboxylic acids is 1. The van der Waals surface area contributed by atoms with E-state index in [1.54, 1.807) is 10.7 Å². The lowest BCUT2D eigenvalue weighted by Gasteiger charge is -2.34. The van der Waals surface area contributed by atoms with Crippen LogP contribution in [0.2, 0.25) is 0 Å². The van der Waals surface area contributed by atoms with E-state index >= 15 is 0 Å². The average Bonchev–Trinajstić information content (AvgIpc) is 3.13. The average molecular weight is 350 g/mol. The van der Waals surface area contributed by atoms with Crippen LogP contribution in [0.15, 0.2) is 60.9 Å². The van der Waals surface area contributed by atoms with Crippen LogP contribution in [0, 0.1) is 0 Å². The monoisotopic (exact) mass is 350 g/mol. The normalized spacial score (nSPS) is 15.3. The molecule has 134 valence electrons. The molecule has 6 nitrogen and oxygen atoms in total. The topological polar surface area (TPSA) is 50.1 Å². The fourth-order valence-electron chi connectivity index (χ4n) is 3.25. The highest BCUT2D eigenvalue weighted by Crippen LogP contribution is 2.14. The first kappa shape index (κ1) is 16.6. The molecule has 1 amide bonds. The summed E-state index contributed by atoms with van der Waals surface area (Å²) in [6.07, 6.45) is 3.52. The Morgan fingerprint density at radius 1 is 1.00 bits per heavy atom. The Bertz CT molecular complexity index is 870. The Balaban J connectivity index is 1.28. The van der Waals surface area contributed by atoms with Gasteiger partial charge in [0.05, 0.1) is 17.3 Å². The minimum absolute atomic E-state index is 0.0615. The molecule has 1 aliphatic rings. The van der Waals surface area contributed by atoms with Crippen molar-refractivity contribution in [3.8, 4) is 5.75 Å². The summed E-state index contributed by atoms with van der Waals surface area (Å²) in [4.78, 5) is 17.1. The quantitative estimate of drug-likeness (QED) is 0.708. The minimum atomic E-state index is 0.0615. The smallest absolute Gasteiger partial charge is 0.257 e. The maximum absolute atomic E-state index is 12.8. The second-order valence-corrected chi connectivity index (χ2v) is 6.38. The first-order chi connectivity index (χ1) is 12.8. The number of fused-ring (bicyclic) bond motifs is 1. The summed E-state index contributed by atoms with van der Waals surface area (Å²) < 4.78 is 7.50. The zero-order valence-corrected chi connectivity index (χ0v) is 14.6. The summed E-state index contributed by atoms with van der Waals surface area (Å²) in [5, 5.41) is 4.26. The van der Waals surface area contributed by atoms with E-state index < -0.39 is 0 Å². The van der Waals surface area contributed by atoms with E-state index in [-0.39, 0.29) is 5.91 Å². The van der Waals surface area contributed by atoms with Crippen molar-refractivity contribution in [2.45, 2.75) is 0 Å². The molecule has 3 heterocycles. The molecule has 6 heteroatoms. The van der Waals surface area contributed by atoms with Crippen LogP contribution in [-0.4, -0.2) is 64.7 Å². The van der Waals surface area contributed by atoms with Gasteiger partial charge in [-0.15, -0.1) is 0 Å². The van der Waals surface area contributed by atoms with Gasteiger partial charge in [-0.05, 0) is 24.3 Å². The summed E-state index contributed by atoms with van der Waals surface area (Å²) in [6.45, 7) is 4.72. The van der Waals surface area contributed by atoms with Crippen molar-refractivity contribution >= 4 is 11.4 Å². The lowest BCUT2D eigenvalue weighted by Crippen LogP contribution is -2.49. The Hall–Kier alpha value is -2.86. The number of rotatable bonds is 5. The molecule has 0 bridgehead atoms. The number of benzene rings is 1. The van der Waals surface area contributed by atoms with Crippen LogP contribution in [0.5, 0.6) is 5.75 Å². The molecule has 0 atom stereocenters. The highest BCUT2D eigenvalue weighted by atomic mass is 16.5. The zero-order valence-electron chi connectivity index (χ0n) is 14.6. The number of nitrogens with zero attached hydrogens (tertiary/aromatic N) is 4. The van der Waals surface area contributed by atoms with E-state index in [1.807, 2.05) is 59.6 Å². The first-order valence-electron chi connectivity index (χ1n) is 8.93. The van der Waals surface area contributed by atoms with Crippen LogP contribution in [0.4, 0.5) is 0 Å². The molecule has 1 aromatic carbocycles. The summed E-state index contributed by atoms with van der Waals surface area (Å²) in [6, 6.07) is 15.6. The zero-order chi connectivity index (χ0) is 17.8. The highest BCUT2D eigenvalue weighted by molar-refractivity contribution is 6.00. The van der Waals surface area contributed by atoms with Crippen molar-refractivity contribution in [1.82, 2.24) is 19.4 Å². The summed E-state index contributed by atoms with van der Waals surface area (Å²) in [5.74, 6) is 0.959. The number of aromatic nitrogens is 2. The van der Waals surface area contributed by atoms with Crippen molar-refractivity contribution in [3.05, 3.63) is 66.5 Å². The molecule has 1 fully saturated rings. The van der Waals surface area contributed by atoms with Gasteiger partial charge in [0.25, 0.3) is 5.91 Å². The summed E-state index contributed by atoms with van der Waals surface area (Å²) in [7, 11) is 0. The molecule has 26 heavy (non-hydrogen) atoms. The molecule has 3 aromatic rings. The molecule has 0 spiro atoms. The van der Waals surface area contributed by atoms with Gasteiger partial charge in [-0.25, -0.2) is 4.52 Å². The van der Waals surface area contributed by atoms with Crippen LogP contribution >= 0.6 is 0 Å². The van der Waals surface area contributed by atoms with Crippen molar-refractivity contribution in [2.24, 2.45) is 0 Å². The number of carbonyl (C=O) groups is 1. The lowest BCUT2D eigenvalue weighted by molar-refractivity contribution is 0.0622. The van der Waals surface area contributed by atoms with E-state index in [0.717, 1.165) is 44.0 Å². The van der Waals surface area contributed by atoms with E-state index in [9.17, 15) is 4.79 Å². The van der Waals surface area contributed by atoms with Crippen molar-refractivity contribution in [2.75, 3.05) is 39.3 Å². The van der Waals surface area contributed by atoms with Crippen molar-refractivity contribution in [3.63, 3.8) is 0 Å². The summed E-state index contributed by atoms with van der Waals surface area (Å²) >= 11 is 0. The minimum Gasteiger partial charge on any atom is -0.492 e. The Labute approximate surface area is 152 Å². The van der Waals surface area contributed by atoms with Crippen LogP contribution < -0.4 is 4.74 Å². The second-order valence-electron chi connectivity index (χ2n) is 6.38. The van der Waals surface area contributed by atoms with E-state index in [1.165, 1.54) is 0 Å². The molecular weight excluding hydrogens is 328 g/mol. The van der Waals surface area contributed by atoms with Gasteiger partial charge in [0.1, 0.15) is 12.4 Å². The predicted octanol–water partition coefficient (Wildman–Crippen LogP) is 2.17. The number of hydrogen-bond donors (Lipinski definition) is 0. The van der Waals surface area contributed by atoms with Gasteiger partial charge in [-0.2, -0.15) is 5.10 Å². The molecule has 0 radical (unpaired) electrons. The largest absolute Gasteiger partial charge is 0.492 e. The third kappa shape index (κ3) is 3.55. The Morgan fingerprint density at radius 3 is 2.58 bits per heavy atom. The number of amides is 1. The van der Waals surface area contributed by atoms with Crippen LogP contribution in [0.25, 0.3) is 5.52 Å². The maximum atomic E-state index is 12.8. The second kappa shape index (κ2) is 7.58. The standard InChI is InChI=1S/C20H22N4O2/c25-20(18-16-21-24-9-5-4-8-19(18)24)23-12-10-22(11-13-23)14-15-26-17-6-2-1-3-7-17/h1-9,16H,10-15H2. The molecule has 0 aliphatic carbocycles. The van der Waals surface area contributed by atoms with Crippen molar-refractivity contribution < 1.29 is 9.53 Å². The molecule has 0 saturated carbocycles. The van der Waals surface area contributed by atoms with Crippen LogP contribution in [0.1, 0.15) is 10.4 Å². The highest BCUT2D eigenvalue weighted by Gasteiger charge is 2.24. The van der Waals surface area contributed by atoms with Gasteiger partial charge >= 0.3 is 0 Å². The van der Waals surface area contributed by atoms with Gasteiger partial charge < -0.3 is 9.64 Å². The number of hydrogen-bond acceptors (Lipinski definition) is 4. The van der Waals surface area contributed by atoms with Gasteiger partial charge in [0, 0.05) is 38.9 Å². The lowest BCUT2D eigenvalue weighted by atomic mass is 10.2. The van der Waals surface area contributed by atoms with Crippen molar-refractivity contribution in [1.29, 1.82) is 0 Å². The number of para-hydroxylation sites is 1. The number of pyridine rings is 1. The van der Waals surface area contributed by atoms with Gasteiger partial charge in [0.2, 0.25) is 0 Å².